The molecule has 1 atom stereocenters. The molecule has 0 bridgehead atoms. The number of likely N-dealkylation sites (N-methyl/N-ethyl adjacent to an activating group) is 1. The van der Waals surface area contributed by atoms with E-state index in [9.17, 15) is 0 Å². The van der Waals surface area contributed by atoms with Crippen molar-refractivity contribution in [1.82, 2.24) is 20.7 Å². The van der Waals surface area contributed by atoms with Gasteiger partial charge in [-0.15, -0.1) is 0 Å². The van der Waals surface area contributed by atoms with Gasteiger partial charge in [0.2, 0.25) is 0 Å². The van der Waals surface area contributed by atoms with Gasteiger partial charge in [-0.1, -0.05) is 0 Å². The van der Waals surface area contributed by atoms with Crippen LogP contribution in [0.1, 0.15) is 25.6 Å². The molecule has 1 heterocycles. The molecule has 74 valence electrons. The van der Waals surface area contributed by atoms with Crippen molar-refractivity contribution in [3.63, 3.8) is 0 Å². The van der Waals surface area contributed by atoms with Gasteiger partial charge >= 0.3 is 0 Å². The second-order valence-electron chi connectivity index (χ2n) is 3.12. The Labute approximate surface area is 77.9 Å². The summed E-state index contributed by atoms with van der Waals surface area (Å²) in [5, 5.41) is 13.4. The number of ether oxygens (including phenoxy) is 1. The monoisotopic (exact) mass is 184 g/mol. The highest BCUT2D eigenvalue weighted by atomic mass is 16.5. The van der Waals surface area contributed by atoms with E-state index in [4.69, 9.17) is 4.74 Å². The smallest absolute Gasteiger partial charge is 0.102 e. The van der Waals surface area contributed by atoms with E-state index in [0.29, 0.717) is 6.61 Å². The fourth-order valence-electron chi connectivity index (χ4n) is 0.984. The van der Waals surface area contributed by atoms with Gasteiger partial charge in [-0.05, 0) is 20.9 Å². The number of aromatic nitrogens is 3. The second kappa shape index (κ2) is 4.94. The van der Waals surface area contributed by atoms with E-state index in [2.05, 4.69) is 20.7 Å². The van der Waals surface area contributed by atoms with Crippen LogP contribution in [0.15, 0.2) is 6.20 Å². The molecule has 1 unspecified atom stereocenters. The molecule has 0 saturated heterocycles. The molecule has 2 N–H and O–H groups in total. The molecule has 0 saturated carbocycles. The van der Waals surface area contributed by atoms with Crippen molar-refractivity contribution in [2.24, 2.45) is 0 Å². The van der Waals surface area contributed by atoms with Crippen molar-refractivity contribution in [1.29, 1.82) is 0 Å². The Morgan fingerprint density at radius 3 is 2.85 bits per heavy atom. The summed E-state index contributed by atoms with van der Waals surface area (Å²) in [6, 6.07) is 0.112. The number of hydrogen-bond acceptors (Lipinski definition) is 4. The van der Waals surface area contributed by atoms with Crippen LogP contribution in [0.25, 0.3) is 0 Å². The molecule has 5 nitrogen and oxygen atoms in total. The highest BCUT2D eigenvalue weighted by Crippen LogP contribution is 2.08. The third kappa shape index (κ3) is 3.12. The lowest BCUT2D eigenvalue weighted by Crippen LogP contribution is -2.23. The van der Waals surface area contributed by atoms with E-state index in [0.717, 1.165) is 5.69 Å². The molecule has 0 aliphatic rings. The zero-order valence-electron chi connectivity index (χ0n) is 8.24. The van der Waals surface area contributed by atoms with Crippen LogP contribution >= 0.6 is 0 Å². The average molecular weight is 184 g/mol. The summed E-state index contributed by atoms with van der Waals surface area (Å²) < 4.78 is 5.47. The van der Waals surface area contributed by atoms with Crippen LogP contribution in [0.3, 0.4) is 0 Å². The highest BCUT2D eigenvalue weighted by molar-refractivity contribution is 4.98. The van der Waals surface area contributed by atoms with Crippen molar-refractivity contribution in [3.05, 3.63) is 11.9 Å². The van der Waals surface area contributed by atoms with Gasteiger partial charge in [0.15, 0.2) is 0 Å². The largest absolute Gasteiger partial charge is 0.377 e. The number of hydrogen-bond donors (Lipinski definition) is 2. The number of H-pyrrole nitrogens is 1. The zero-order chi connectivity index (χ0) is 9.68. The molecule has 1 aromatic heterocycles. The summed E-state index contributed by atoms with van der Waals surface area (Å²) >= 11 is 0. The minimum Gasteiger partial charge on any atom is -0.377 e. The molecule has 5 heteroatoms. The van der Waals surface area contributed by atoms with Gasteiger partial charge in [-0.25, -0.2) is 0 Å². The van der Waals surface area contributed by atoms with Crippen molar-refractivity contribution < 1.29 is 4.74 Å². The molecule has 0 fully saturated rings. The van der Waals surface area contributed by atoms with Crippen LogP contribution < -0.4 is 5.32 Å². The van der Waals surface area contributed by atoms with Crippen LogP contribution in [0.4, 0.5) is 0 Å². The molecule has 1 rings (SSSR count). The zero-order valence-corrected chi connectivity index (χ0v) is 8.24. The maximum absolute atomic E-state index is 5.47. The predicted octanol–water partition coefficient (Wildman–Crippen LogP) is 0.490. The van der Waals surface area contributed by atoms with E-state index < -0.39 is 0 Å². The fourth-order valence-corrected chi connectivity index (χ4v) is 0.984. The normalized spacial score (nSPS) is 13.5. The van der Waals surface area contributed by atoms with E-state index in [1.165, 1.54) is 0 Å². The molecule has 0 aliphatic carbocycles. The third-order valence-corrected chi connectivity index (χ3v) is 1.74. The van der Waals surface area contributed by atoms with Gasteiger partial charge in [0.25, 0.3) is 0 Å². The molecular formula is C8H16N4O. The van der Waals surface area contributed by atoms with Gasteiger partial charge < -0.3 is 10.1 Å². The van der Waals surface area contributed by atoms with Crippen molar-refractivity contribution in [3.8, 4) is 0 Å². The SMILES string of the molecule is CNC(COC(C)C)c1cn[nH]n1. The molecule has 0 aromatic carbocycles. The Balaban J connectivity index is 2.44. The average Bonchev–Trinajstić information content (AvgIpc) is 2.58. The van der Waals surface area contributed by atoms with Gasteiger partial charge in [-0.3, -0.25) is 0 Å². The quantitative estimate of drug-likeness (QED) is 0.699. The Kier molecular flexibility index (Phi) is 3.85. The van der Waals surface area contributed by atoms with E-state index in [-0.39, 0.29) is 12.1 Å². The molecule has 13 heavy (non-hydrogen) atoms. The summed E-state index contributed by atoms with van der Waals surface area (Å²) in [6.45, 7) is 4.63. The molecule has 0 aliphatic heterocycles. The highest BCUT2D eigenvalue weighted by Gasteiger charge is 2.12. The summed E-state index contributed by atoms with van der Waals surface area (Å²) in [5.74, 6) is 0. The predicted molar refractivity (Wildman–Crippen MR) is 49.3 cm³/mol. The number of rotatable bonds is 5. The van der Waals surface area contributed by atoms with Gasteiger partial charge in [0.05, 0.1) is 24.9 Å². The lowest BCUT2D eigenvalue weighted by molar-refractivity contribution is 0.0618. The molecule has 0 radical (unpaired) electrons. The van der Waals surface area contributed by atoms with E-state index in [1.54, 1.807) is 6.20 Å². The fraction of sp³-hybridized carbons (Fsp3) is 0.750. The lowest BCUT2D eigenvalue weighted by atomic mass is 10.2. The maximum Gasteiger partial charge on any atom is 0.102 e. The van der Waals surface area contributed by atoms with Crippen molar-refractivity contribution in [2.45, 2.75) is 26.0 Å². The van der Waals surface area contributed by atoms with Gasteiger partial charge in [0, 0.05) is 0 Å². The molecule has 1 aromatic rings. The van der Waals surface area contributed by atoms with Crippen LogP contribution in [0.5, 0.6) is 0 Å². The first kappa shape index (κ1) is 10.1. The Hall–Kier alpha value is -0.940. The maximum atomic E-state index is 5.47. The summed E-state index contributed by atoms with van der Waals surface area (Å²) in [5.41, 5.74) is 0.878. The Morgan fingerprint density at radius 1 is 1.62 bits per heavy atom. The molecule has 0 spiro atoms. The van der Waals surface area contributed by atoms with Crippen molar-refractivity contribution in [2.75, 3.05) is 13.7 Å². The number of nitrogens with zero attached hydrogens (tertiary/aromatic N) is 2. The van der Waals surface area contributed by atoms with Crippen LogP contribution in [0.2, 0.25) is 0 Å². The third-order valence-electron chi connectivity index (χ3n) is 1.74. The standard InChI is InChI=1S/C8H16N4O/c1-6(2)13-5-8(9-3)7-4-10-12-11-7/h4,6,8-9H,5H2,1-3H3,(H,10,11,12). The van der Waals surface area contributed by atoms with E-state index >= 15 is 0 Å². The Bertz CT molecular complexity index is 222. The van der Waals surface area contributed by atoms with Crippen LogP contribution in [-0.4, -0.2) is 35.2 Å². The van der Waals surface area contributed by atoms with Crippen LogP contribution in [0, 0.1) is 0 Å². The minimum atomic E-state index is 0.112. The molecule has 0 amide bonds. The van der Waals surface area contributed by atoms with Gasteiger partial charge in [-0.2, -0.15) is 15.4 Å². The van der Waals surface area contributed by atoms with Crippen LogP contribution in [-0.2, 0) is 4.74 Å². The first-order chi connectivity index (χ1) is 6.24. The summed E-state index contributed by atoms with van der Waals surface area (Å²) in [6.07, 6.45) is 1.94. The van der Waals surface area contributed by atoms with E-state index in [1.807, 2.05) is 20.9 Å². The topological polar surface area (TPSA) is 62.8 Å². The minimum absolute atomic E-state index is 0.112. The first-order valence-corrected chi connectivity index (χ1v) is 4.38. The summed E-state index contributed by atoms with van der Waals surface area (Å²) in [4.78, 5) is 0. The molecular weight excluding hydrogens is 168 g/mol. The number of aromatic amines is 1. The van der Waals surface area contributed by atoms with Gasteiger partial charge in [0.1, 0.15) is 5.69 Å². The first-order valence-electron chi connectivity index (χ1n) is 4.38. The summed E-state index contributed by atoms with van der Waals surface area (Å²) in [7, 11) is 1.88. The van der Waals surface area contributed by atoms with Crippen molar-refractivity contribution >= 4 is 0 Å². The number of nitrogens with one attached hydrogen (secondary N) is 2. The Morgan fingerprint density at radius 2 is 2.38 bits per heavy atom. The lowest BCUT2D eigenvalue weighted by Gasteiger charge is -2.15. The second-order valence-corrected chi connectivity index (χ2v) is 3.12.